The second kappa shape index (κ2) is 5.21. The second-order valence-corrected chi connectivity index (χ2v) is 5.62. The minimum absolute atomic E-state index is 0.0234. The Bertz CT molecular complexity index is 571. The first-order valence-electron chi connectivity index (χ1n) is 6.37. The predicted octanol–water partition coefficient (Wildman–Crippen LogP) is 2.21. The van der Waals surface area contributed by atoms with Crippen molar-refractivity contribution >= 4 is 21.8 Å². The van der Waals surface area contributed by atoms with Crippen molar-refractivity contribution < 1.29 is 4.79 Å². The molecule has 1 amide bonds. The highest BCUT2D eigenvalue weighted by atomic mass is 79.9. The molecule has 0 bridgehead atoms. The van der Waals surface area contributed by atoms with Crippen LogP contribution in [0, 0.1) is 0 Å². The van der Waals surface area contributed by atoms with Gasteiger partial charge in [0.05, 0.1) is 6.54 Å². The third-order valence-electron chi connectivity index (χ3n) is 3.17. The molecule has 2 aromatic heterocycles. The molecule has 1 fully saturated rings. The van der Waals surface area contributed by atoms with Crippen LogP contribution in [0.2, 0.25) is 0 Å². The van der Waals surface area contributed by atoms with Crippen LogP contribution in [0.3, 0.4) is 0 Å². The molecule has 3 rings (SSSR count). The van der Waals surface area contributed by atoms with Crippen molar-refractivity contribution in [1.82, 2.24) is 19.7 Å². The first-order chi connectivity index (χ1) is 9.24. The number of hydrogen-bond acceptors (Lipinski definition) is 2. The molecule has 0 aliphatic heterocycles. The standard InChI is InChI=1S/C13H15BrN4O/c14-10-8-12(18(9-10)11-2-3-11)13(19)15-5-7-17-6-1-4-16-17/h1,4,6,8-9,11H,2-3,5,7H2,(H,15,19). The molecule has 0 unspecified atom stereocenters. The van der Waals surface area contributed by atoms with Crippen molar-refractivity contribution in [2.75, 3.05) is 6.54 Å². The summed E-state index contributed by atoms with van der Waals surface area (Å²) in [5, 5.41) is 7.03. The Morgan fingerprint density at radius 1 is 1.53 bits per heavy atom. The van der Waals surface area contributed by atoms with E-state index in [4.69, 9.17) is 0 Å². The highest BCUT2D eigenvalue weighted by molar-refractivity contribution is 9.10. The molecule has 0 radical (unpaired) electrons. The summed E-state index contributed by atoms with van der Waals surface area (Å²) in [5.74, 6) is -0.0234. The van der Waals surface area contributed by atoms with Crippen molar-refractivity contribution in [2.45, 2.75) is 25.4 Å². The van der Waals surface area contributed by atoms with Crippen LogP contribution < -0.4 is 5.32 Å². The van der Waals surface area contributed by atoms with E-state index in [2.05, 4.69) is 30.9 Å². The topological polar surface area (TPSA) is 51.9 Å². The molecule has 1 aliphatic carbocycles. The molecule has 1 N–H and O–H groups in total. The van der Waals surface area contributed by atoms with Crippen LogP contribution in [-0.2, 0) is 6.54 Å². The van der Waals surface area contributed by atoms with Crippen LogP contribution >= 0.6 is 15.9 Å². The highest BCUT2D eigenvalue weighted by Crippen LogP contribution is 2.37. The summed E-state index contributed by atoms with van der Waals surface area (Å²) < 4.78 is 4.82. The van der Waals surface area contributed by atoms with Crippen LogP contribution in [-0.4, -0.2) is 26.8 Å². The van der Waals surface area contributed by atoms with Gasteiger partial charge in [-0.15, -0.1) is 0 Å². The van der Waals surface area contributed by atoms with E-state index in [9.17, 15) is 4.79 Å². The first-order valence-corrected chi connectivity index (χ1v) is 7.16. The number of nitrogens with zero attached hydrogens (tertiary/aromatic N) is 3. The molecular formula is C13H15BrN4O. The molecular weight excluding hydrogens is 308 g/mol. The molecule has 0 saturated heterocycles. The predicted molar refractivity (Wildman–Crippen MR) is 75.0 cm³/mol. The molecule has 6 heteroatoms. The maximum Gasteiger partial charge on any atom is 0.268 e. The Hall–Kier alpha value is -1.56. The van der Waals surface area contributed by atoms with Crippen LogP contribution in [0.25, 0.3) is 0 Å². The van der Waals surface area contributed by atoms with Crippen molar-refractivity contribution in [3.8, 4) is 0 Å². The fourth-order valence-electron chi connectivity index (χ4n) is 2.09. The SMILES string of the molecule is O=C(NCCn1cccn1)c1cc(Br)cn1C1CC1. The Balaban J connectivity index is 1.60. The van der Waals surface area contributed by atoms with Gasteiger partial charge >= 0.3 is 0 Å². The van der Waals surface area contributed by atoms with Crippen LogP contribution in [0.1, 0.15) is 29.4 Å². The summed E-state index contributed by atoms with van der Waals surface area (Å²) in [4.78, 5) is 12.2. The summed E-state index contributed by atoms with van der Waals surface area (Å²) >= 11 is 3.43. The van der Waals surface area contributed by atoms with Crippen molar-refractivity contribution in [3.05, 3.63) is 40.9 Å². The Kier molecular flexibility index (Phi) is 3.42. The molecule has 0 spiro atoms. The van der Waals surface area contributed by atoms with Gasteiger partial charge in [-0.25, -0.2) is 0 Å². The average molecular weight is 323 g/mol. The van der Waals surface area contributed by atoms with Gasteiger partial charge in [0.25, 0.3) is 5.91 Å². The van der Waals surface area contributed by atoms with Gasteiger partial charge in [-0.3, -0.25) is 9.48 Å². The molecule has 100 valence electrons. The van der Waals surface area contributed by atoms with Crippen molar-refractivity contribution in [1.29, 1.82) is 0 Å². The Morgan fingerprint density at radius 3 is 3.05 bits per heavy atom. The van der Waals surface area contributed by atoms with E-state index >= 15 is 0 Å². The van der Waals surface area contributed by atoms with Crippen LogP contribution in [0.4, 0.5) is 0 Å². The van der Waals surface area contributed by atoms with Crippen molar-refractivity contribution in [2.24, 2.45) is 0 Å². The minimum Gasteiger partial charge on any atom is -0.349 e. The number of halogens is 1. The van der Waals surface area contributed by atoms with E-state index in [1.54, 1.807) is 10.9 Å². The quantitative estimate of drug-likeness (QED) is 0.917. The zero-order valence-electron chi connectivity index (χ0n) is 10.4. The molecule has 1 saturated carbocycles. The van der Waals surface area contributed by atoms with Gasteiger partial charge in [-0.1, -0.05) is 0 Å². The van der Waals surface area contributed by atoms with E-state index in [1.165, 1.54) is 0 Å². The van der Waals surface area contributed by atoms with E-state index in [-0.39, 0.29) is 5.91 Å². The fourth-order valence-corrected chi connectivity index (χ4v) is 2.53. The summed E-state index contributed by atoms with van der Waals surface area (Å²) in [6.45, 7) is 1.26. The number of rotatable bonds is 5. The van der Waals surface area contributed by atoms with Gasteiger partial charge in [-0.05, 0) is 40.9 Å². The molecule has 1 aliphatic rings. The zero-order valence-corrected chi connectivity index (χ0v) is 12.0. The normalized spacial score (nSPS) is 14.6. The van der Waals surface area contributed by atoms with E-state index in [1.807, 2.05) is 24.5 Å². The van der Waals surface area contributed by atoms with Crippen LogP contribution in [0.15, 0.2) is 35.2 Å². The number of carbonyl (C=O) groups excluding carboxylic acids is 1. The van der Waals surface area contributed by atoms with Gasteiger partial charge in [-0.2, -0.15) is 5.10 Å². The number of amides is 1. The maximum absolute atomic E-state index is 12.2. The molecule has 2 aromatic rings. The highest BCUT2D eigenvalue weighted by Gasteiger charge is 2.27. The van der Waals surface area contributed by atoms with Gasteiger partial charge < -0.3 is 9.88 Å². The number of nitrogens with one attached hydrogen (secondary N) is 1. The van der Waals surface area contributed by atoms with E-state index in [0.717, 1.165) is 23.0 Å². The molecule has 0 aromatic carbocycles. The average Bonchev–Trinajstić information content (AvgIpc) is 2.96. The smallest absolute Gasteiger partial charge is 0.268 e. The third kappa shape index (κ3) is 2.89. The van der Waals surface area contributed by atoms with Gasteiger partial charge in [0.1, 0.15) is 5.69 Å². The molecule has 5 nitrogen and oxygen atoms in total. The molecule has 2 heterocycles. The molecule has 0 atom stereocenters. The summed E-state index contributed by atoms with van der Waals surface area (Å²) in [6.07, 6.45) is 7.93. The lowest BCUT2D eigenvalue weighted by molar-refractivity contribution is 0.0942. The summed E-state index contributed by atoms with van der Waals surface area (Å²) in [5.41, 5.74) is 0.731. The summed E-state index contributed by atoms with van der Waals surface area (Å²) in [7, 11) is 0. The Labute approximate surface area is 119 Å². The monoisotopic (exact) mass is 322 g/mol. The first kappa shape index (κ1) is 12.5. The van der Waals surface area contributed by atoms with Gasteiger partial charge in [0, 0.05) is 35.6 Å². The third-order valence-corrected chi connectivity index (χ3v) is 3.61. The molecule has 19 heavy (non-hydrogen) atoms. The largest absolute Gasteiger partial charge is 0.349 e. The minimum atomic E-state index is -0.0234. The van der Waals surface area contributed by atoms with Crippen molar-refractivity contribution in [3.63, 3.8) is 0 Å². The fraction of sp³-hybridized carbons (Fsp3) is 0.385. The zero-order chi connectivity index (χ0) is 13.2. The summed E-state index contributed by atoms with van der Waals surface area (Å²) in [6, 6.07) is 4.25. The lowest BCUT2D eigenvalue weighted by Crippen LogP contribution is -2.29. The number of carbonyl (C=O) groups is 1. The lowest BCUT2D eigenvalue weighted by Gasteiger charge is -2.08. The maximum atomic E-state index is 12.2. The second-order valence-electron chi connectivity index (χ2n) is 4.71. The van der Waals surface area contributed by atoms with Gasteiger partial charge in [0.15, 0.2) is 0 Å². The number of hydrogen-bond donors (Lipinski definition) is 1. The van der Waals surface area contributed by atoms with Gasteiger partial charge in [0.2, 0.25) is 0 Å². The van der Waals surface area contributed by atoms with E-state index in [0.29, 0.717) is 19.1 Å². The van der Waals surface area contributed by atoms with Crippen LogP contribution in [0.5, 0.6) is 0 Å². The Morgan fingerprint density at radius 2 is 2.37 bits per heavy atom. The number of aromatic nitrogens is 3. The van der Waals surface area contributed by atoms with E-state index < -0.39 is 0 Å². The lowest BCUT2D eigenvalue weighted by atomic mass is 10.4.